The summed E-state index contributed by atoms with van der Waals surface area (Å²) in [5, 5.41) is 3.16. The van der Waals surface area contributed by atoms with Crippen LogP contribution in [0.15, 0.2) is 77.6 Å². The van der Waals surface area contributed by atoms with Gasteiger partial charge in [-0.05, 0) is 53.9 Å². The molecular formula is C27H29N3O4. The van der Waals surface area contributed by atoms with Gasteiger partial charge < -0.3 is 14.8 Å². The minimum absolute atomic E-state index is 0.117. The maximum absolute atomic E-state index is 13.0. The number of amides is 1. The van der Waals surface area contributed by atoms with Crippen LogP contribution in [0.4, 0.5) is 0 Å². The molecule has 1 heterocycles. The predicted octanol–water partition coefficient (Wildman–Crippen LogP) is 3.85. The Bertz CT molecular complexity index is 1320. The molecule has 0 aliphatic carbocycles. The Morgan fingerprint density at radius 1 is 0.882 bits per heavy atom. The van der Waals surface area contributed by atoms with Gasteiger partial charge in [0.1, 0.15) is 11.5 Å². The first-order valence-corrected chi connectivity index (χ1v) is 11.2. The first kappa shape index (κ1) is 23.2. The second-order valence-corrected chi connectivity index (χ2v) is 8.18. The first-order chi connectivity index (χ1) is 16.5. The molecule has 0 saturated heterocycles. The number of ether oxygens (including phenoxy) is 2. The van der Waals surface area contributed by atoms with Gasteiger partial charge in [-0.2, -0.15) is 0 Å². The number of methoxy groups -OCH3 is 2. The van der Waals surface area contributed by atoms with Gasteiger partial charge >= 0.3 is 5.69 Å². The summed E-state index contributed by atoms with van der Waals surface area (Å²) in [6.45, 7) is 0.309. The lowest BCUT2D eigenvalue weighted by molar-refractivity contribution is -0.122. The molecule has 3 aromatic carbocycles. The standard InChI is InChI=1S/C27H29N3O4/c1-29-24-6-4-5-7-25(24)30(27(29)32)17-16-26(31)28-23(20-10-14-22(34-3)15-11-20)18-19-8-12-21(33-2)13-9-19/h4-15,23H,16-18H2,1-3H3,(H,28,31)/t23-/m1/s1. The topological polar surface area (TPSA) is 74.5 Å². The van der Waals surface area contributed by atoms with Crippen molar-refractivity contribution in [3.05, 3.63) is 94.4 Å². The van der Waals surface area contributed by atoms with Gasteiger partial charge in [-0.25, -0.2) is 4.79 Å². The zero-order valence-electron chi connectivity index (χ0n) is 19.7. The van der Waals surface area contributed by atoms with E-state index in [0.29, 0.717) is 13.0 Å². The summed E-state index contributed by atoms with van der Waals surface area (Å²) in [4.78, 5) is 25.7. The molecular weight excluding hydrogens is 430 g/mol. The summed E-state index contributed by atoms with van der Waals surface area (Å²) in [6, 6.07) is 22.9. The summed E-state index contributed by atoms with van der Waals surface area (Å²) in [5.41, 5.74) is 3.61. The molecule has 0 saturated carbocycles. The molecule has 7 heteroatoms. The second kappa shape index (κ2) is 10.3. The largest absolute Gasteiger partial charge is 0.497 e. The maximum atomic E-state index is 13.0. The van der Waals surface area contributed by atoms with Crippen LogP contribution in [-0.2, 0) is 24.8 Å². The average molecular weight is 460 g/mol. The third-order valence-corrected chi connectivity index (χ3v) is 6.07. The van der Waals surface area contributed by atoms with Gasteiger partial charge in [-0.3, -0.25) is 13.9 Å². The monoisotopic (exact) mass is 459 g/mol. The van der Waals surface area contributed by atoms with E-state index in [1.165, 1.54) is 0 Å². The molecule has 1 aromatic heterocycles. The molecule has 0 fully saturated rings. The fourth-order valence-corrected chi connectivity index (χ4v) is 4.14. The number of carbonyl (C=O) groups is 1. The fraction of sp³-hybridized carbons (Fsp3) is 0.259. The van der Waals surface area contributed by atoms with E-state index in [1.54, 1.807) is 30.4 Å². The maximum Gasteiger partial charge on any atom is 0.328 e. The van der Waals surface area contributed by atoms with Crippen LogP contribution >= 0.6 is 0 Å². The molecule has 176 valence electrons. The Morgan fingerprint density at radius 2 is 1.47 bits per heavy atom. The molecule has 1 N–H and O–H groups in total. The highest BCUT2D eigenvalue weighted by atomic mass is 16.5. The molecule has 34 heavy (non-hydrogen) atoms. The number of nitrogens with zero attached hydrogens (tertiary/aromatic N) is 2. The summed E-state index contributed by atoms with van der Waals surface area (Å²) in [5.74, 6) is 1.43. The quantitative estimate of drug-likeness (QED) is 0.413. The zero-order chi connectivity index (χ0) is 24.1. The van der Waals surface area contributed by atoms with Crippen molar-refractivity contribution in [2.45, 2.75) is 25.4 Å². The van der Waals surface area contributed by atoms with Crippen LogP contribution in [0.2, 0.25) is 0 Å². The molecule has 4 rings (SSSR count). The van der Waals surface area contributed by atoms with Crippen molar-refractivity contribution in [1.82, 2.24) is 14.5 Å². The van der Waals surface area contributed by atoms with Crippen LogP contribution in [0.25, 0.3) is 11.0 Å². The number of imidazole rings is 1. The summed E-state index contributed by atoms with van der Waals surface area (Å²) < 4.78 is 13.8. The van der Waals surface area contributed by atoms with E-state index in [1.807, 2.05) is 72.8 Å². The number of aryl methyl sites for hydroxylation is 2. The van der Waals surface area contributed by atoms with Crippen LogP contribution in [-0.4, -0.2) is 29.3 Å². The zero-order valence-corrected chi connectivity index (χ0v) is 19.7. The van der Waals surface area contributed by atoms with E-state index in [2.05, 4.69) is 5.32 Å². The van der Waals surface area contributed by atoms with Gasteiger partial charge in [0, 0.05) is 20.0 Å². The molecule has 1 atom stereocenters. The fourth-order valence-electron chi connectivity index (χ4n) is 4.14. The van der Waals surface area contributed by atoms with Gasteiger partial charge in [0.25, 0.3) is 0 Å². The number of rotatable bonds is 9. The SMILES string of the molecule is COc1ccc(C[C@@H](NC(=O)CCn2c(=O)n(C)c3ccccc32)c2ccc(OC)cc2)cc1. The molecule has 4 aromatic rings. The summed E-state index contributed by atoms with van der Waals surface area (Å²) >= 11 is 0. The van der Waals surface area contributed by atoms with Gasteiger partial charge in [-0.1, -0.05) is 36.4 Å². The summed E-state index contributed by atoms with van der Waals surface area (Å²) in [7, 11) is 5.01. The molecule has 0 bridgehead atoms. The Kier molecular flexibility index (Phi) is 7.01. The van der Waals surface area contributed by atoms with Crippen LogP contribution < -0.4 is 20.5 Å². The number of hydrogen-bond donors (Lipinski definition) is 1. The lowest BCUT2D eigenvalue weighted by Gasteiger charge is -2.20. The van der Waals surface area contributed by atoms with Crippen molar-refractivity contribution >= 4 is 16.9 Å². The van der Waals surface area contributed by atoms with E-state index in [9.17, 15) is 9.59 Å². The third kappa shape index (κ3) is 4.98. The Morgan fingerprint density at radius 3 is 2.09 bits per heavy atom. The highest BCUT2D eigenvalue weighted by molar-refractivity contribution is 5.78. The lowest BCUT2D eigenvalue weighted by Crippen LogP contribution is -2.32. The Balaban J connectivity index is 1.51. The minimum Gasteiger partial charge on any atom is -0.497 e. The third-order valence-electron chi connectivity index (χ3n) is 6.07. The molecule has 0 radical (unpaired) electrons. The van der Waals surface area contributed by atoms with Crippen LogP contribution in [0.3, 0.4) is 0 Å². The lowest BCUT2D eigenvalue weighted by atomic mass is 9.98. The predicted molar refractivity (Wildman–Crippen MR) is 132 cm³/mol. The number of carbonyl (C=O) groups excluding carboxylic acids is 1. The minimum atomic E-state index is -0.226. The molecule has 0 spiro atoms. The van der Waals surface area contributed by atoms with Crippen LogP contribution in [0.1, 0.15) is 23.6 Å². The Hall–Kier alpha value is -4.00. The van der Waals surface area contributed by atoms with Gasteiger partial charge in [0.15, 0.2) is 0 Å². The van der Waals surface area contributed by atoms with Crippen molar-refractivity contribution in [1.29, 1.82) is 0 Å². The first-order valence-electron chi connectivity index (χ1n) is 11.2. The highest BCUT2D eigenvalue weighted by Crippen LogP contribution is 2.23. The van der Waals surface area contributed by atoms with Crippen molar-refractivity contribution in [2.75, 3.05) is 14.2 Å². The number of fused-ring (bicyclic) bond motifs is 1. The number of hydrogen-bond acceptors (Lipinski definition) is 4. The van der Waals surface area contributed by atoms with Crippen molar-refractivity contribution in [2.24, 2.45) is 7.05 Å². The molecule has 7 nitrogen and oxygen atoms in total. The van der Waals surface area contributed by atoms with Crippen molar-refractivity contribution in [3.63, 3.8) is 0 Å². The van der Waals surface area contributed by atoms with Crippen molar-refractivity contribution in [3.8, 4) is 11.5 Å². The van der Waals surface area contributed by atoms with E-state index >= 15 is 0 Å². The van der Waals surface area contributed by atoms with E-state index in [4.69, 9.17) is 9.47 Å². The normalized spacial score (nSPS) is 11.9. The van der Waals surface area contributed by atoms with Crippen LogP contribution in [0.5, 0.6) is 11.5 Å². The molecule has 0 aliphatic heterocycles. The number of aromatic nitrogens is 2. The second-order valence-electron chi connectivity index (χ2n) is 8.18. The van der Waals surface area contributed by atoms with Gasteiger partial charge in [-0.15, -0.1) is 0 Å². The average Bonchev–Trinajstić information content (AvgIpc) is 3.12. The molecule has 1 amide bonds. The van der Waals surface area contributed by atoms with Gasteiger partial charge in [0.05, 0.1) is 31.3 Å². The molecule has 0 unspecified atom stereocenters. The number of nitrogens with one attached hydrogen (secondary N) is 1. The van der Waals surface area contributed by atoms with Gasteiger partial charge in [0.2, 0.25) is 5.91 Å². The van der Waals surface area contributed by atoms with Crippen LogP contribution in [0, 0.1) is 0 Å². The van der Waals surface area contributed by atoms with E-state index in [0.717, 1.165) is 33.7 Å². The number of para-hydroxylation sites is 2. The van der Waals surface area contributed by atoms with E-state index < -0.39 is 0 Å². The van der Waals surface area contributed by atoms with Crippen molar-refractivity contribution < 1.29 is 14.3 Å². The highest BCUT2D eigenvalue weighted by Gasteiger charge is 2.17. The smallest absolute Gasteiger partial charge is 0.328 e. The molecule has 0 aliphatic rings. The Labute approximate surface area is 198 Å². The number of benzene rings is 3. The summed E-state index contributed by atoms with van der Waals surface area (Å²) in [6.07, 6.45) is 0.819. The van der Waals surface area contributed by atoms with E-state index in [-0.39, 0.29) is 24.1 Å².